The van der Waals surface area contributed by atoms with Crippen LogP contribution in [0.1, 0.15) is 16.1 Å². The van der Waals surface area contributed by atoms with Gasteiger partial charge >= 0.3 is 0 Å². The number of hydrogen-bond acceptors (Lipinski definition) is 6. The normalized spacial score (nSPS) is 10.3. The number of carbonyl (C=O) groups is 2. The maximum Gasteiger partial charge on any atom is 0.261 e. The van der Waals surface area contributed by atoms with E-state index in [2.05, 4.69) is 30.8 Å². The van der Waals surface area contributed by atoms with Crippen LogP contribution in [-0.2, 0) is 4.79 Å². The number of thiophene rings is 1. The van der Waals surface area contributed by atoms with Gasteiger partial charge in [-0.25, -0.2) is 0 Å². The summed E-state index contributed by atoms with van der Waals surface area (Å²) in [6, 6.07) is 8.94. The molecule has 0 saturated heterocycles. The Morgan fingerprint density at radius 3 is 2.88 bits per heavy atom. The summed E-state index contributed by atoms with van der Waals surface area (Å²) in [7, 11) is 0. The van der Waals surface area contributed by atoms with Gasteiger partial charge in [0.1, 0.15) is 5.69 Å². The van der Waals surface area contributed by atoms with Crippen molar-refractivity contribution in [2.24, 2.45) is 0 Å². The summed E-state index contributed by atoms with van der Waals surface area (Å²) >= 11 is 1.35. The zero-order chi connectivity index (χ0) is 16.8. The highest BCUT2D eigenvalue weighted by Gasteiger charge is 2.11. The lowest BCUT2D eigenvalue weighted by Gasteiger charge is -2.03. The molecular formula is C15H14N6O2S. The lowest BCUT2D eigenvalue weighted by Crippen LogP contribution is -2.27. The van der Waals surface area contributed by atoms with Gasteiger partial charge in [-0.2, -0.15) is 4.98 Å². The Morgan fingerprint density at radius 1 is 1.21 bits per heavy atom. The lowest BCUT2D eigenvalue weighted by molar-refractivity contribution is -0.116. The summed E-state index contributed by atoms with van der Waals surface area (Å²) in [4.78, 5) is 32.5. The summed E-state index contributed by atoms with van der Waals surface area (Å²) in [6.07, 6.45) is 1.77. The van der Waals surface area contributed by atoms with Gasteiger partial charge in [-0.15, -0.1) is 16.4 Å². The first-order chi connectivity index (χ1) is 11.7. The van der Waals surface area contributed by atoms with Crippen molar-refractivity contribution in [1.29, 1.82) is 0 Å². The maximum absolute atomic E-state index is 11.9. The molecule has 0 spiro atoms. The van der Waals surface area contributed by atoms with Crippen molar-refractivity contribution in [3.8, 4) is 11.5 Å². The number of H-pyrrole nitrogens is 1. The van der Waals surface area contributed by atoms with Crippen LogP contribution in [0.2, 0.25) is 0 Å². The van der Waals surface area contributed by atoms with Gasteiger partial charge in [0.05, 0.1) is 4.88 Å². The molecule has 0 unspecified atom stereocenters. The van der Waals surface area contributed by atoms with E-state index in [0.717, 1.165) is 0 Å². The van der Waals surface area contributed by atoms with Crippen LogP contribution in [0.25, 0.3) is 11.5 Å². The summed E-state index contributed by atoms with van der Waals surface area (Å²) < 4.78 is 0. The minimum Gasteiger partial charge on any atom is -0.351 e. The Balaban J connectivity index is 1.47. The highest BCUT2D eigenvalue weighted by molar-refractivity contribution is 7.12. The first-order valence-corrected chi connectivity index (χ1v) is 8.06. The van der Waals surface area contributed by atoms with Crippen LogP contribution in [0.3, 0.4) is 0 Å². The molecule has 0 radical (unpaired) electrons. The zero-order valence-corrected chi connectivity index (χ0v) is 13.3. The Hall–Kier alpha value is -3.07. The number of anilines is 1. The predicted octanol–water partition coefficient (Wildman–Crippen LogP) is 1.69. The molecule has 24 heavy (non-hydrogen) atoms. The van der Waals surface area contributed by atoms with Crippen molar-refractivity contribution in [2.45, 2.75) is 6.42 Å². The minimum atomic E-state index is -0.284. The molecule has 0 aliphatic heterocycles. The van der Waals surface area contributed by atoms with Crippen LogP contribution in [0.4, 0.5) is 5.95 Å². The lowest BCUT2D eigenvalue weighted by atomic mass is 10.3. The van der Waals surface area contributed by atoms with Crippen molar-refractivity contribution >= 4 is 29.1 Å². The van der Waals surface area contributed by atoms with Crippen molar-refractivity contribution in [1.82, 2.24) is 25.5 Å². The standard InChI is InChI=1S/C15H14N6O2S/c22-12(6-8-17-14(23)11-5-3-9-24-11)18-15-19-13(20-21-15)10-4-1-2-7-16-10/h1-5,7,9H,6,8H2,(H,17,23)(H2,18,19,20,21,22). The molecular weight excluding hydrogens is 328 g/mol. The third kappa shape index (κ3) is 4.02. The number of carbonyl (C=O) groups excluding carboxylic acids is 2. The highest BCUT2D eigenvalue weighted by Crippen LogP contribution is 2.12. The molecule has 3 heterocycles. The van der Waals surface area contributed by atoms with Crippen molar-refractivity contribution < 1.29 is 9.59 Å². The molecule has 0 aromatic carbocycles. The number of amides is 2. The smallest absolute Gasteiger partial charge is 0.261 e. The number of hydrogen-bond donors (Lipinski definition) is 3. The van der Waals surface area contributed by atoms with E-state index in [1.807, 2.05) is 11.4 Å². The van der Waals surface area contributed by atoms with Gasteiger partial charge in [-0.3, -0.25) is 25.0 Å². The first-order valence-electron chi connectivity index (χ1n) is 7.18. The second kappa shape index (κ2) is 7.47. The Bertz CT molecular complexity index is 816. The van der Waals surface area contributed by atoms with Crippen molar-refractivity contribution in [3.63, 3.8) is 0 Å². The molecule has 3 aromatic rings. The molecule has 8 nitrogen and oxygen atoms in total. The molecule has 0 bridgehead atoms. The number of aromatic nitrogens is 4. The van der Waals surface area contributed by atoms with E-state index >= 15 is 0 Å². The monoisotopic (exact) mass is 342 g/mol. The van der Waals surface area contributed by atoms with Crippen molar-refractivity contribution in [3.05, 3.63) is 46.8 Å². The minimum absolute atomic E-state index is 0.130. The van der Waals surface area contributed by atoms with Gasteiger partial charge < -0.3 is 5.32 Å². The summed E-state index contributed by atoms with van der Waals surface area (Å²) in [5.74, 6) is 0.170. The summed E-state index contributed by atoms with van der Waals surface area (Å²) in [6.45, 7) is 0.236. The SMILES string of the molecule is O=C(CCNC(=O)c1cccs1)Nc1n[nH]c(-c2ccccn2)n1. The second-order valence-corrected chi connectivity index (χ2v) is 5.70. The van der Waals surface area contributed by atoms with E-state index < -0.39 is 0 Å². The molecule has 2 amide bonds. The molecule has 0 saturated carbocycles. The molecule has 9 heteroatoms. The predicted molar refractivity (Wildman–Crippen MR) is 89.5 cm³/mol. The number of nitrogens with zero attached hydrogens (tertiary/aromatic N) is 3. The van der Waals surface area contributed by atoms with Gasteiger partial charge in [-0.05, 0) is 23.6 Å². The van der Waals surface area contributed by atoms with E-state index in [4.69, 9.17) is 0 Å². The second-order valence-electron chi connectivity index (χ2n) is 4.75. The van der Waals surface area contributed by atoms with E-state index in [-0.39, 0.29) is 30.7 Å². The maximum atomic E-state index is 11.9. The van der Waals surface area contributed by atoms with Gasteiger partial charge in [0.15, 0.2) is 5.82 Å². The van der Waals surface area contributed by atoms with Crippen LogP contribution in [0.15, 0.2) is 41.9 Å². The fraction of sp³-hybridized carbons (Fsp3) is 0.133. The van der Waals surface area contributed by atoms with Crippen LogP contribution in [-0.4, -0.2) is 38.5 Å². The van der Waals surface area contributed by atoms with Gasteiger partial charge in [0, 0.05) is 19.2 Å². The number of aromatic amines is 1. The number of rotatable bonds is 6. The molecule has 0 aliphatic carbocycles. The average Bonchev–Trinajstić information content (AvgIpc) is 3.27. The largest absolute Gasteiger partial charge is 0.351 e. The Labute approximate surface area is 141 Å². The fourth-order valence-electron chi connectivity index (χ4n) is 1.91. The molecule has 3 aromatic heterocycles. The van der Waals surface area contributed by atoms with Crippen LogP contribution in [0.5, 0.6) is 0 Å². The van der Waals surface area contributed by atoms with E-state index in [1.54, 1.807) is 30.5 Å². The van der Waals surface area contributed by atoms with E-state index in [1.165, 1.54) is 11.3 Å². The quantitative estimate of drug-likeness (QED) is 0.631. The topological polar surface area (TPSA) is 113 Å². The van der Waals surface area contributed by atoms with Crippen LogP contribution in [0, 0.1) is 0 Å². The molecule has 3 N–H and O–H groups in total. The number of nitrogens with one attached hydrogen (secondary N) is 3. The van der Waals surface area contributed by atoms with E-state index in [9.17, 15) is 9.59 Å². The Kier molecular flexibility index (Phi) is 4.92. The third-order valence-corrected chi connectivity index (χ3v) is 3.90. The van der Waals surface area contributed by atoms with Gasteiger partial charge in [0.25, 0.3) is 5.91 Å². The first kappa shape index (κ1) is 15.8. The Morgan fingerprint density at radius 2 is 2.12 bits per heavy atom. The van der Waals surface area contributed by atoms with Gasteiger partial charge in [-0.1, -0.05) is 12.1 Å². The van der Waals surface area contributed by atoms with Gasteiger partial charge in [0.2, 0.25) is 11.9 Å². The molecule has 0 atom stereocenters. The highest BCUT2D eigenvalue weighted by atomic mass is 32.1. The third-order valence-electron chi connectivity index (χ3n) is 3.03. The molecule has 0 aliphatic rings. The van der Waals surface area contributed by atoms with Crippen LogP contribution < -0.4 is 10.6 Å². The van der Waals surface area contributed by atoms with Crippen LogP contribution >= 0.6 is 11.3 Å². The summed E-state index contributed by atoms with van der Waals surface area (Å²) in [5.41, 5.74) is 0.633. The molecule has 0 fully saturated rings. The summed E-state index contributed by atoms with van der Waals surface area (Å²) in [5, 5.41) is 13.7. The van der Waals surface area contributed by atoms with Crippen molar-refractivity contribution in [2.75, 3.05) is 11.9 Å². The number of pyridine rings is 1. The molecule has 122 valence electrons. The van der Waals surface area contributed by atoms with E-state index in [0.29, 0.717) is 16.4 Å². The zero-order valence-electron chi connectivity index (χ0n) is 12.5. The molecule has 3 rings (SSSR count). The fourth-order valence-corrected chi connectivity index (χ4v) is 2.55. The average molecular weight is 342 g/mol.